The second-order valence-electron chi connectivity index (χ2n) is 7.76. The number of rotatable bonds is 8. The molecule has 29 heavy (non-hydrogen) atoms. The van der Waals surface area contributed by atoms with E-state index in [2.05, 4.69) is 46.4 Å². The molecule has 3 aromatic rings. The molecule has 2 heterocycles. The Labute approximate surface area is 170 Å². The third-order valence-corrected chi connectivity index (χ3v) is 5.51. The number of hydrogen-bond donors (Lipinski definition) is 2. The molecule has 0 radical (unpaired) electrons. The van der Waals surface area contributed by atoms with Crippen molar-refractivity contribution in [1.29, 1.82) is 0 Å². The highest BCUT2D eigenvalue weighted by atomic mass is 16.5. The van der Waals surface area contributed by atoms with E-state index in [1.165, 1.54) is 11.1 Å². The van der Waals surface area contributed by atoms with Crippen LogP contribution in [0.4, 0.5) is 4.79 Å². The Morgan fingerprint density at radius 1 is 1.31 bits per heavy atom. The highest BCUT2D eigenvalue weighted by molar-refractivity contribution is 5.79. The van der Waals surface area contributed by atoms with Gasteiger partial charge in [0.25, 0.3) is 0 Å². The molecule has 0 aliphatic heterocycles. The molecule has 1 aliphatic carbocycles. The predicted octanol–water partition coefficient (Wildman–Crippen LogP) is 3.60. The van der Waals surface area contributed by atoms with Gasteiger partial charge >= 0.3 is 6.03 Å². The standard InChI is InChI=1S/C21H28N6O2/c1-4-27(12-18-25-20(29-26-18)15-8-9-15)21(28)22-11-5-6-17-23-16-10-7-13(2)14(3)19(16)24-17/h7,10,15H,4-6,8-9,11-12H2,1-3H3,(H,22,28)(H,23,24). The van der Waals surface area contributed by atoms with Crippen molar-refractivity contribution in [1.82, 2.24) is 30.3 Å². The van der Waals surface area contributed by atoms with E-state index in [0.717, 1.165) is 42.5 Å². The summed E-state index contributed by atoms with van der Waals surface area (Å²) in [5, 5.41) is 6.98. The van der Waals surface area contributed by atoms with Crippen LogP contribution < -0.4 is 5.32 Å². The third-order valence-electron chi connectivity index (χ3n) is 5.51. The summed E-state index contributed by atoms with van der Waals surface area (Å²) >= 11 is 0. The number of nitrogens with one attached hydrogen (secondary N) is 2. The minimum atomic E-state index is -0.110. The molecule has 2 amide bonds. The first-order valence-corrected chi connectivity index (χ1v) is 10.3. The van der Waals surface area contributed by atoms with Gasteiger partial charge in [0.05, 0.1) is 17.6 Å². The number of carbonyl (C=O) groups is 1. The number of nitrogens with zero attached hydrogens (tertiary/aromatic N) is 4. The topological polar surface area (TPSA) is 99.9 Å². The number of H-pyrrole nitrogens is 1. The quantitative estimate of drug-likeness (QED) is 0.567. The van der Waals surface area contributed by atoms with Gasteiger partial charge in [-0.15, -0.1) is 0 Å². The number of imidazole rings is 1. The molecule has 8 nitrogen and oxygen atoms in total. The van der Waals surface area contributed by atoms with Crippen LogP contribution in [0, 0.1) is 13.8 Å². The molecular weight excluding hydrogens is 368 g/mol. The summed E-state index contributed by atoms with van der Waals surface area (Å²) in [6, 6.07) is 4.07. The molecular formula is C21H28N6O2. The Kier molecular flexibility index (Phi) is 5.51. The lowest BCUT2D eigenvalue weighted by Crippen LogP contribution is -2.40. The van der Waals surface area contributed by atoms with Gasteiger partial charge in [0, 0.05) is 25.4 Å². The number of aryl methyl sites for hydroxylation is 3. The van der Waals surface area contributed by atoms with Gasteiger partial charge in [0.2, 0.25) is 5.89 Å². The van der Waals surface area contributed by atoms with Crippen LogP contribution in [-0.4, -0.2) is 44.1 Å². The highest BCUT2D eigenvalue weighted by Crippen LogP contribution is 2.38. The summed E-state index contributed by atoms with van der Waals surface area (Å²) in [6.45, 7) is 7.67. The van der Waals surface area contributed by atoms with Crippen LogP contribution >= 0.6 is 0 Å². The van der Waals surface area contributed by atoms with Crippen molar-refractivity contribution in [2.45, 2.75) is 58.9 Å². The molecule has 4 rings (SSSR count). The molecule has 1 fully saturated rings. The summed E-state index contributed by atoms with van der Waals surface area (Å²) in [6.07, 6.45) is 3.83. The zero-order valence-electron chi connectivity index (χ0n) is 17.3. The molecule has 1 saturated carbocycles. The average molecular weight is 396 g/mol. The fraction of sp³-hybridized carbons (Fsp3) is 0.524. The maximum atomic E-state index is 12.5. The largest absolute Gasteiger partial charge is 0.342 e. The lowest BCUT2D eigenvalue weighted by molar-refractivity contribution is 0.196. The van der Waals surface area contributed by atoms with Crippen LogP contribution in [0.1, 0.15) is 60.8 Å². The Balaban J connectivity index is 1.25. The molecule has 1 aliphatic rings. The molecule has 0 unspecified atom stereocenters. The van der Waals surface area contributed by atoms with Gasteiger partial charge in [-0.05, 0) is 57.2 Å². The Morgan fingerprint density at radius 2 is 2.14 bits per heavy atom. The van der Waals surface area contributed by atoms with Gasteiger partial charge in [-0.2, -0.15) is 4.98 Å². The van der Waals surface area contributed by atoms with Crippen molar-refractivity contribution >= 4 is 17.1 Å². The molecule has 0 spiro atoms. The smallest absolute Gasteiger partial charge is 0.317 e. The number of aromatic nitrogens is 4. The van der Waals surface area contributed by atoms with E-state index in [-0.39, 0.29) is 6.03 Å². The summed E-state index contributed by atoms with van der Waals surface area (Å²) in [4.78, 5) is 26.6. The molecule has 1 aromatic carbocycles. The first-order chi connectivity index (χ1) is 14.0. The van der Waals surface area contributed by atoms with Crippen LogP contribution in [0.15, 0.2) is 16.7 Å². The van der Waals surface area contributed by atoms with Crippen molar-refractivity contribution in [3.05, 3.63) is 40.8 Å². The first-order valence-electron chi connectivity index (χ1n) is 10.3. The van der Waals surface area contributed by atoms with Gasteiger partial charge < -0.3 is 19.7 Å². The fourth-order valence-electron chi connectivity index (χ4n) is 3.37. The normalized spacial score (nSPS) is 13.8. The second kappa shape index (κ2) is 8.23. The molecule has 0 atom stereocenters. The summed E-state index contributed by atoms with van der Waals surface area (Å²) < 4.78 is 5.27. The number of carbonyl (C=O) groups excluding carboxylic acids is 1. The van der Waals surface area contributed by atoms with Crippen LogP contribution in [0.5, 0.6) is 0 Å². The monoisotopic (exact) mass is 396 g/mol. The van der Waals surface area contributed by atoms with Crippen LogP contribution in [0.2, 0.25) is 0 Å². The fourth-order valence-corrected chi connectivity index (χ4v) is 3.37. The number of aromatic amines is 1. The first kappa shape index (κ1) is 19.4. The van der Waals surface area contributed by atoms with Gasteiger partial charge in [-0.25, -0.2) is 9.78 Å². The number of fused-ring (bicyclic) bond motifs is 1. The SMILES string of the molecule is CCN(Cc1noc(C2CC2)n1)C(=O)NCCCc1nc2c(C)c(C)ccc2[nH]1. The molecule has 0 saturated heterocycles. The van der Waals surface area contributed by atoms with Crippen molar-refractivity contribution < 1.29 is 9.32 Å². The van der Waals surface area contributed by atoms with Gasteiger partial charge in [-0.1, -0.05) is 11.2 Å². The van der Waals surface area contributed by atoms with Crippen molar-refractivity contribution in [2.24, 2.45) is 0 Å². The lowest BCUT2D eigenvalue weighted by atomic mass is 10.1. The second-order valence-corrected chi connectivity index (χ2v) is 7.76. The number of urea groups is 1. The van der Waals surface area contributed by atoms with Crippen molar-refractivity contribution in [3.63, 3.8) is 0 Å². The minimum absolute atomic E-state index is 0.110. The maximum absolute atomic E-state index is 12.5. The van der Waals surface area contributed by atoms with E-state index in [0.29, 0.717) is 37.3 Å². The van der Waals surface area contributed by atoms with E-state index in [1.54, 1.807) is 4.90 Å². The van der Waals surface area contributed by atoms with Crippen LogP contribution in [-0.2, 0) is 13.0 Å². The van der Waals surface area contributed by atoms with E-state index in [4.69, 9.17) is 9.51 Å². The highest BCUT2D eigenvalue weighted by Gasteiger charge is 2.30. The Bertz CT molecular complexity index is 1000. The molecule has 0 bridgehead atoms. The van der Waals surface area contributed by atoms with Crippen LogP contribution in [0.3, 0.4) is 0 Å². The van der Waals surface area contributed by atoms with E-state index in [1.807, 2.05) is 6.92 Å². The molecule has 154 valence electrons. The van der Waals surface area contributed by atoms with E-state index >= 15 is 0 Å². The van der Waals surface area contributed by atoms with Gasteiger partial charge in [0.15, 0.2) is 5.82 Å². The van der Waals surface area contributed by atoms with Crippen molar-refractivity contribution in [3.8, 4) is 0 Å². The number of hydrogen-bond acceptors (Lipinski definition) is 5. The Hall–Kier alpha value is -2.90. The maximum Gasteiger partial charge on any atom is 0.317 e. The molecule has 2 N–H and O–H groups in total. The predicted molar refractivity (Wildman–Crippen MR) is 110 cm³/mol. The molecule has 2 aromatic heterocycles. The van der Waals surface area contributed by atoms with Crippen molar-refractivity contribution in [2.75, 3.05) is 13.1 Å². The zero-order chi connectivity index (χ0) is 20.4. The third kappa shape index (κ3) is 4.41. The lowest BCUT2D eigenvalue weighted by Gasteiger charge is -2.19. The molecule has 8 heteroatoms. The number of amides is 2. The minimum Gasteiger partial charge on any atom is -0.342 e. The number of benzene rings is 1. The van der Waals surface area contributed by atoms with E-state index < -0.39 is 0 Å². The summed E-state index contributed by atoms with van der Waals surface area (Å²) in [5.74, 6) is 2.64. The van der Waals surface area contributed by atoms with Gasteiger partial charge in [-0.3, -0.25) is 0 Å². The summed E-state index contributed by atoms with van der Waals surface area (Å²) in [5.41, 5.74) is 4.55. The van der Waals surface area contributed by atoms with E-state index in [9.17, 15) is 4.79 Å². The zero-order valence-corrected chi connectivity index (χ0v) is 17.3. The Morgan fingerprint density at radius 3 is 2.90 bits per heavy atom. The average Bonchev–Trinajstić information content (AvgIpc) is 3.31. The van der Waals surface area contributed by atoms with Gasteiger partial charge in [0.1, 0.15) is 5.82 Å². The summed E-state index contributed by atoms with van der Waals surface area (Å²) in [7, 11) is 0. The van der Waals surface area contributed by atoms with Crippen LogP contribution in [0.25, 0.3) is 11.0 Å².